The van der Waals surface area contributed by atoms with Gasteiger partial charge in [0.1, 0.15) is 20.2 Å². The third-order valence-corrected chi connectivity index (χ3v) is 2.80. The Balaban J connectivity index is 2.67. The first-order valence-electron chi connectivity index (χ1n) is 4.47. The van der Waals surface area contributed by atoms with E-state index in [0.29, 0.717) is 5.46 Å². The van der Waals surface area contributed by atoms with E-state index < -0.39 is 28.4 Å². The lowest BCUT2D eigenvalue weighted by Gasteiger charge is -2.06. The van der Waals surface area contributed by atoms with Crippen LogP contribution in [0.1, 0.15) is 10.4 Å². The zero-order valence-electron chi connectivity index (χ0n) is 8.59. The molecule has 0 aliphatic rings. The summed E-state index contributed by atoms with van der Waals surface area (Å²) in [5.41, 5.74) is 0.373. The Labute approximate surface area is 105 Å². The average Bonchev–Trinajstić information content (AvgIpc) is 2.19. The van der Waals surface area contributed by atoms with Crippen LogP contribution in [-0.2, 0) is 14.9 Å². The van der Waals surface area contributed by atoms with Crippen LogP contribution in [-0.4, -0.2) is 39.1 Å². The van der Waals surface area contributed by atoms with Crippen molar-refractivity contribution >= 4 is 41.0 Å². The van der Waals surface area contributed by atoms with Gasteiger partial charge in [-0.1, -0.05) is 29.2 Å². The first-order chi connectivity index (χ1) is 7.79. The van der Waals surface area contributed by atoms with Crippen LogP contribution in [0.3, 0.4) is 0 Å². The molecule has 0 unspecified atom stereocenters. The summed E-state index contributed by atoms with van der Waals surface area (Å²) in [6.45, 7) is -0.456. The summed E-state index contributed by atoms with van der Waals surface area (Å²) < 4.78 is 33.8. The minimum atomic E-state index is -4.16. The monoisotopic (exact) mass is 274 g/mol. The van der Waals surface area contributed by atoms with E-state index in [1.165, 1.54) is 18.2 Å². The smallest absolute Gasteiger partial charge is 0.339 e. The Morgan fingerprint density at radius 2 is 2.12 bits per heavy atom. The van der Waals surface area contributed by atoms with Gasteiger partial charge in [-0.15, -0.1) is 0 Å². The normalized spacial score (nSPS) is 11.2. The van der Waals surface area contributed by atoms with Crippen LogP contribution in [0, 0.1) is 0 Å². The fraction of sp³-hybridized carbons (Fsp3) is 0.222. The van der Waals surface area contributed by atoms with E-state index in [-0.39, 0.29) is 10.6 Å². The van der Waals surface area contributed by atoms with E-state index in [1.54, 1.807) is 0 Å². The van der Waals surface area contributed by atoms with Gasteiger partial charge in [0.25, 0.3) is 10.1 Å². The molecule has 0 aliphatic heterocycles. The minimum Gasteiger partial charge on any atom is -0.461 e. The van der Waals surface area contributed by atoms with Crippen molar-refractivity contribution < 1.29 is 22.5 Å². The Kier molecular flexibility index (Phi) is 4.56. The van der Waals surface area contributed by atoms with Gasteiger partial charge in [0.05, 0.1) is 10.6 Å². The Hall–Kier alpha value is -1.05. The highest BCUT2D eigenvalue weighted by molar-refractivity contribution is 7.85. The second-order valence-electron chi connectivity index (χ2n) is 3.16. The summed E-state index contributed by atoms with van der Waals surface area (Å²) in [6, 6.07) is 4.26. The highest BCUT2D eigenvalue weighted by Crippen LogP contribution is 2.14. The van der Waals surface area contributed by atoms with Crippen molar-refractivity contribution in [1.82, 2.24) is 0 Å². The van der Waals surface area contributed by atoms with Gasteiger partial charge in [-0.05, 0) is 6.07 Å². The van der Waals surface area contributed by atoms with Gasteiger partial charge < -0.3 is 4.74 Å². The molecule has 0 amide bonds. The maximum absolute atomic E-state index is 11.5. The zero-order chi connectivity index (χ0) is 13.1. The number of hydrogen-bond donors (Lipinski definition) is 1. The topological polar surface area (TPSA) is 80.7 Å². The van der Waals surface area contributed by atoms with Gasteiger partial charge in [0.2, 0.25) is 0 Å². The first-order valence-corrected chi connectivity index (χ1v) is 6.45. The number of rotatable bonds is 4. The molecule has 0 bridgehead atoms. The molecule has 1 aromatic carbocycles. The highest BCUT2D eigenvalue weighted by Gasteiger charge is 2.13. The molecule has 0 spiro atoms. The Bertz CT molecular complexity index is 528. The molecule has 0 aliphatic carbocycles. The van der Waals surface area contributed by atoms with E-state index in [9.17, 15) is 13.2 Å². The van der Waals surface area contributed by atoms with Gasteiger partial charge in [-0.3, -0.25) is 4.55 Å². The van der Waals surface area contributed by atoms with Crippen LogP contribution in [0.5, 0.6) is 0 Å². The van der Waals surface area contributed by atoms with E-state index in [2.05, 4.69) is 4.74 Å². The summed E-state index contributed by atoms with van der Waals surface area (Å²) in [5.74, 6) is -1.47. The van der Waals surface area contributed by atoms with Crippen LogP contribution in [0.15, 0.2) is 18.2 Å². The third-order valence-electron chi connectivity index (χ3n) is 1.78. The molecule has 0 atom stereocenters. The molecule has 0 saturated heterocycles. The molecular formula is C9H8BClO5S. The van der Waals surface area contributed by atoms with Crippen molar-refractivity contribution in [3.63, 3.8) is 0 Å². The lowest BCUT2D eigenvalue weighted by atomic mass is 9.94. The lowest BCUT2D eigenvalue weighted by Crippen LogP contribution is -2.16. The number of carbonyl (C=O) groups is 1. The molecule has 0 aromatic heterocycles. The number of benzene rings is 1. The molecule has 1 N–H and O–H groups in total. The van der Waals surface area contributed by atoms with E-state index >= 15 is 0 Å². The molecule has 0 fully saturated rings. The maximum Gasteiger partial charge on any atom is 0.339 e. The van der Waals surface area contributed by atoms with Crippen LogP contribution in [0.2, 0.25) is 5.02 Å². The fourth-order valence-corrected chi connectivity index (χ4v) is 1.51. The molecule has 5 nitrogen and oxygen atoms in total. The Morgan fingerprint density at radius 1 is 1.47 bits per heavy atom. The van der Waals surface area contributed by atoms with Crippen LogP contribution in [0.4, 0.5) is 0 Å². The quantitative estimate of drug-likeness (QED) is 0.481. The van der Waals surface area contributed by atoms with E-state index in [1.807, 2.05) is 0 Å². The molecular weight excluding hydrogens is 266 g/mol. The molecule has 0 heterocycles. The standard InChI is InChI=1S/C9H8BClO5S/c10-6-1-2-8(11)7(5-6)9(12)16-3-4-17(13,14)15/h1-2,5H,3-4H2,(H,13,14,15). The molecule has 1 rings (SSSR count). The van der Waals surface area contributed by atoms with Gasteiger partial charge in [0.15, 0.2) is 0 Å². The molecule has 8 heteroatoms. The largest absolute Gasteiger partial charge is 0.461 e. The number of hydrogen-bond acceptors (Lipinski definition) is 4. The van der Waals surface area contributed by atoms with Gasteiger partial charge in [0, 0.05) is 0 Å². The van der Waals surface area contributed by atoms with Gasteiger partial charge >= 0.3 is 5.97 Å². The summed E-state index contributed by atoms with van der Waals surface area (Å²) in [7, 11) is 1.31. The maximum atomic E-state index is 11.5. The molecule has 90 valence electrons. The average molecular weight is 274 g/mol. The van der Waals surface area contributed by atoms with Crippen molar-refractivity contribution in [2.45, 2.75) is 0 Å². The summed E-state index contributed by atoms with van der Waals surface area (Å²) in [4.78, 5) is 11.5. The van der Waals surface area contributed by atoms with E-state index in [0.717, 1.165) is 0 Å². The summed E-state index contributed by atoms with van der Waals surface area (Å²) in [6.07, 6.45) is 0. The van der Waals surface area contributed by atoms with Crippen LogP contribution >= 0.6 is 11.6 Å². The minimum absolute atomic E-state index is 0.0435. The van der Waals surface area contributed by atoms with Crippen molar-refractivity contribution in [2.75, 3.05) is 12.4 Å². The SMILES string of the molecule is [B]c1ccc(Cl)c(C(=O)OCCS(=O)(=O)O)c1. The van der Waals surface area contributed by atoms with E-state index in [4.69, 9.17) is 24.0 Å². The number of carbonyl (C=O) groups excluding carboxylic acids is 1. The predicted molar refractivity (Wildman–Crippen MR) is 63.5 cm³/mol. The second kappa shape index (κ2) is 5.53. The molecule has 2 radical (unpaired) electrons. The van der Waals surface area contributed by atoms with Crippen molar-refractivity contribution in [3.05, 3.63) is 28.8 Å². The fourth-order valence-electron chi connectivity index (χ4n) is 1.02. The number of ether oxygens (including phenoxy) is 1. The summed E-state index contributed by atoms with van der Waals surface area (Å²) in [5, 5.41) is 0.149. The third kappa shape index (κ3) is 4.76. The van der Waals surface area contributed by atoms with Crippen molar-refractivity contribution in [1.29, 1.82) is 0 Å². The molecule has 1 aromatic rings. The van der Waals surface area contributed by atoms with Gasteiger partial charge in [-0.2, -0.15) is 8.42 Å². The van der Waals surface area contributed by atoms with Crippen LogP contribution < -0.4 is 5.46 Å². The second-order valence-corrected chi connectivity index (χ2v) is 5.14. The van der Waals surface area contributed by atoms with Gasteiger partial charge in [-0.25, -0.2) is 4.79 Å². The Morgan fingerprint density at radius 3 is 2.71 bits per heavy atom. The predicted octanol–water partition coefficient (Wildman–Crippen LogP) is 0.178. The van der Waals surface area contributed by atoms with Crippen molar-refractivity contribution in [3.8, 4) is 0 Å². The molecule has 0 saturated carbocycles. The molecule has 17 heavy (non-hydrogen) atoms. The zero-order valence-corrected chi connectivity index (χ0v) is 10.2. The number of halogens is 1. The highest BCUT2D eigenvalue weighted by atomic mass is 35.5. The van der Waals surface area contributed by atoms with Crippen LogP contribution in [0.25, 0.3) is 0 Å². The van der Waals surface area contributed by atoms with Crippen molar-refractivity contribution in [2.24, 2.45) is 0 Å². The lowest BCUT2D eigenvalue weighted by molar-refractivity contribution is 0.0528. The number of esters is 1. The summed E-state index contributed by atoms with van der Waals surface area (Å²) >= 11 is 5.74. The first kappa shape index (κ1) is 14.0.